The highest BCUT2D eigenvalue weighted by atomic mass is 15.2. The van der Waals surface area contributed by atoms with Crippen LogP contribution in [0.25, 0.3) is 0 Å². The van der Waals surface area contributed by atoms with Gasteiger partial charge in [-0.15, -0.1) is 0 Å². The average molecular weight is 288 g/mol. The van der Waals surface area contributed by atoms with E-state index in [4.69, 9.17) is 0 Å². The predicted molar refractivity (Wildman–Crippen MR) is 91.8 cm³/mol. The lowest BCUT2D eigenvalue weighted by molar-refractivity contribution is 0.230. The molecule has 2 rings (SSSR count). The Morgan fingerprint density at radius 3 is 2.62 bits per heavy atom. The van der Waals surface area contributed by atoms with Gasteiger partial charge in [0.25, 0.3) is 0 Å². The average Bonchev–Trinajstić information content (AvgIpc) is 3.29. The Morgan fingerprint density at radius 2 is 2.00 bits per heavy atom. The van der Waals surface area contributed by atoms with E-state index >= 15 is 0 Å². The molecular weight excluding hydrogens is 256 g/mol. The maximum Gasteiger partial charge on any atom is 0.0452 e. The van der Waals surface area contributed by atoms with Crippen molar-refractivity contribution in [2.75, 3.05) is 19.6 Å². The number of hydrogen-bond acceptors (Lipinski definition) is 2. The van der Waals surface area contributed by atoms with Crippen LogP contribution in [0.1, 0.15) is 62.3 Å². The molecule has 2 heteroatoms. The van der Waals surface area contributed by atoms with Crippen molar-refractivity contribution >= 4 is 0 Å². The maximum atomic E-state index is 3.71. The van der Waals surface area contributed by atoms with Gasteiger partial charge in [-0.3, -0.25) is 4.90 Å². The van der Waals surface area contributed by atoms with Crippen LogP contribution in [-0.2, 0) is 0 Å². The van der Waals surface area contributed by atoms with Gasteiger partial charge in [0.2, 0.25) is 0 Å². The summed E-state index contributed by atoms with van der Waals surface area (Å²) in [5, 5.41) is 3.71. The van der Waals surface area contributed by atoms with Crippen LogP contribution >= 0.6 is 0 Å². The summed E-state index contributed by atoms with van der Waals surface area (Å²) < 4.78 is 0. The van der Waals surface area contributed by atoms with Crippen LogP contribution in [0.4, 0.5) is 0 Å². The van der Waals surface area contributed by atoms with E-state index in [0.29, 0.717) is 6.04 Å². The lowest BCUT2D eigenvalue weighted by atomic mass is 9.98. The minimum absolute atomic E-state index is 0.465. The Bertz CT molecular complexity index is 437. The molecule has 1 aromatic rings. The number of hydrogen-bond donors (Lipinski definition) is 1. The monoisotopic (exact) mass is 288 g/mol. The molecule has 1 fully saturated rings. The number of benzene rings is 1. The Morgan fingerprint density at radius 1 is 1.24 bits per heavy atom. The molecule has 1 aromatic carbocycles. The number of nitrogens with one attached hydrogen (secondary N) is 1. The molecule has 1 atom stereocenters. The zero-order valence-electron chi connectivity index (χ0n) is 14.3. The Balaban J connectivity index is 2.11. The first-order chi connectivity index (χ1) is 10.2. The quantitative estimate of drug-likeness (QED) is 0.732. The largest absolute Gasteiger partial charge is 0.309 e. The highest BCUT2D eigenvalue weighted by molar-refractivity contribution is 5.33. The third-order valence-corrected chi connectivity index (χ3v) is 4.54. The summed E-state index contributed by atoms with van der Waals surface area (Å²) in [4.78, 5) is 2.72. The topological polar surface area (TPSA) is 15.3 Å². The second-order valence-corrected chi connectivity index (χ2v) is 6.55. The van der Waals surface area contributed by atoms with E-state index in [1.807, 2.05) is 0 Å². The van der Waals surface area contributed by atoms with E-state index in [1.165, 1.54) is 48.9 Å². The molecule has 0 spiro atoms. The van der Waals surface area contributed by atoms with Crippen LogP contribution in [0.5, 0.6) is 0 Å². The summed E-state index contributed by atoms with van der Waals surface area (Å²) in [6, 6.07) is 8.17. The summed E-state index contributed by atoms with van der Waals surface area (Å²) >= 11 is 0. The third kappa shape index (κ3) is 4.82. The van der Waals surface area contributed by atoms with E-state index in [9.17, 15) is 0 Å². The van der Waals surface area contributed by atoms with Crippen molar-refractivity contribution in [1.29, 1.82) is 0 Å². The van der Waals surface area contributed by atoms with Gasteiger partial charge in [0.15, 0.2) is 0 Å². The highest BCUT2D eigenvalue weighted by Crippen LogP contribution is 2.30. The predicted octanol–water partition coefficient (Wildman–Crippen LogP) is 4.22. The first-order valence-corrected chi connectivity index (χ1v) is 8.70. The molecule has 1 N–H and O–H groups in total. The lowest BCUT2D eigenvalue weighted by Gasteiger charge is -2.29. The van der Waals surface area contributed by atoms with Crippen LogP contribution in [0.15, 0.2) is 18.2 Å². The van der Waals surface area contributed by atoms with Gasteiger partial charge in [-0.25, -0.2) is 0 Å². The number of nitrogens with zero attached hydrogens (tertiary/aromatic N) is 1. The van der Waals surface area contributed by atoms with Gasteiger partial charge in [0.05, 0.1) is 0 Å². The molecule has 0 amide bonds. The third-order valence-electron chi connectivity index (χ3n) is 4.54. The second-order valence-electron chi connectivity index (χ2n) is 6.55. The molecule has 0 aromatic heterocycles. The van der Waals surface area contributed by atoms with Crippen molar-refractivity contribution < 1.29 is 0 Å². The van der Waals surface area contributed by atoms with E-state index in [0.717, 1.165) is 19.1 Å². The number of likely N-dealkylation sites (N-methyl/N-ethyl adjacent to an activating group) is 1. The van der Waals surface area contributed by atoms with Crippen molar-refractivity contribution in [3.05, 3.63) is 34.9 Å². The fourth-order valence-corrected chi connectivity index (χ4v) is 3.11. The van der Waals surface area contributed by atoms with E-state index in [1.54, 1.807) is 0 Å². The van der Waals surface area contributed by atoms with E-state index in [-0.39, 0.29) is 0 Å². The summed E-state index contributed by atoms with van der Waals surface area (Å²) in [7, 11) is 0. The normalized spacial score (nSPS) is 16.4. The fourth-order valence-electron chi connectivity index (χ4n) is 3.11. The van der Waals surface area contributed by atoms with Crippen LogP contribution in [-0.4, -0.2) is 30.6 Å². The fraction of sp³-hybridized carbons (Fsp3) is 0.684. The number of aryl methyl sites for hydroxylation is 2. The molecule has 2 nitrogen and oxygen atoms in total. The molecule has 0 bridgehead atoms. The van der Waals surface area contributed by atoms with Gasteiger partial charge in [-0.2, -0.15) is 0 Å². The van der Waals surface area contributed by atoms with Gasteiger partial charge in [0, 0.05) is 18.6 Å². The minimum Gasteiger partial charge on any atom is -0.309 e. The summed E-state index contributed by atoms with van der Waals surface area (Å²) in [5.41, 5.74) is 4.27. The first kappa shape index (κ1) is 16.5. The van der Waals surface area contributed by atoms with Crippen LogP contribution in [0, 0.1) is 13.8 Å². The molecule has 0 radical (unpaired) electrons. The molecule has 21 heavy (non-hydrogen) atoms. The van der Waals surface area contributed by atoms with Crippen molar-refractivity contribution in [2.24, 2.45) is 0 Å². The number of rotatable bonds is 9. The summed E-state index contributed by atoms with van der Waals surface area (Å²) in [6.45, 7) is 12.4. The van der Waals surface area contributed by atoms with Crippen LogP contribution in [0.2, 0.25) is 0 Å². The van der Waals surface area contributed by atoms with Crippen molar-refractivity contribution in [2.45, 2.75) is 65.5 Å². The SMILES string of the molecule is CCCCN(CC(NCC)c1cc(C)ccc1C)C1CC1. The van der Waals surface area contributed by atoms with Gasteiger partial charge in [0.1, 0.15) is 0 Å². The van der Waals surface area contributed by atoms with Crippen molar-refractivity contribution in [1.82, 2.24) is 10.2 Å². The van der Waals surface area contributed by atoms with Gasteiger partial charge in [-0.1, -0.05) is 44.0 Å². The number of unbranched alkanes of at least 4 members (excludes halogenated alkanes) is 1. The smallest absolute Gasteiger partial charge is 0.0452 e. The van der Waals surface area contributed by atoms with Crippen LogP contribution in [0.3, 0.4) is 0 Å². The Labute approximate surface area is 130 Å². The maximum absolute atomic E-state index is 3.71. The first-order valence-electron chi connectivity index (χ1n) is 8.70. The molecule has 1 aliphatic rings. The Kier molecular flexibility index (Phi) is 6.25. The lowest BCUT2D eigenvalue weighted by Crippen LogP contribution is -2.37. The van der Waals surface area contributed by atoms with Crippen molar-refractivity contribution in [3.8, 4) is 0 Å². The van der Waals surface area contributed by atoms with Crippen LogP contribution < -0.4 is 5.32 Å². The molecule has 118 valence electrons. The molecule has 0 saturated heterocycles. The molecule has 1 aliphatic carbocycles. The Hall–Kier alpha value is -0.860. The molecule has 0 heterocycles. The minimum atomic E-state index is 0.465. The van der Waals surface area contributed by atoms with E-state index in [2.05, 4.69) is 56.1 Å². The van der Waals surface area contributed by atoms with E-state index < -0.39 is 0 Å². The molecule has 0 aliphatic heterocycles. The zero-order valence-corrected chi connectivity index (χ0v) is 14.3. The second kappa shape index (κ2) is 7.95. The van der Waals surface area contributed by atoms with Gasteiger partial charge < -0.3 is 5.32 Å². The standard InChI is InChI=1S/C19H32N2/c1-5-7-12-21(17-10-11-17)14-19(20-6-2)18-13-15(3)8-9-16(18)4/h8-9,13,17,19-20H,5-7,10-12,14H2,1-4H3. The van der Waals surface area contributed by atoms with Gasteiger partial charge in [-0.05, 0) is 57.3 Å². The van der Waals surface area contributed by atoms with Crippen molar-refractivity contribution in [3.63, 3.8) is 0 Å². The molecule has 1 unspecified atom stereocenters. The molecule has 1 saturated carbocycles. The molecular formula is C19H32N2. The zero-order chi connectivity index (χ0) is 15.2. The summed E-state index contributed by atoms with van der Waals surface area (Å²) in [6.07, 6.45) is 5.41. The van der Waals surface area contributed by atoms with Gasteiger partial charge >= 0.3 is 0 Å². The summed E-state index contributed by atoms with van der Waals surface area (Å²) in [5.74, 6) is 0. The highest BCUT2D eigenvalue weighted by Gasteiger charge is 2.30.